The van der Waals surface area contributed by atoms with Gasteiger partial charge in [0, 0.05) is 26.2 Å². The number of piperazine rings is 1. The molecule has 1 aromatic heterocycles. The van der Waals surface area contributed by atoms with Crippen molar-refractivity contribution in [3.63, 3.8) is 0 Å². The topological polar surface area (TPSA) is 53.3 Å². The number of nitrogens with zero attached hydrogens (tertiary/aromatic N) is 3. The van der Waals surface area contributed by atoms with Crippen molar-refractivity contribution in [2.24, 2.45) is 0 Å². The van der Waals surface area contributed by atoms with E-state index in [2.05, 4.69) is 15.3 Å². The molecule has 0 bridgehead atoms. The SMILES string of the molecule is Oc1ccc(-n2cc(N3CCNCC3)cn2)cc1. The van der Waals surface area contributed by atoms with Crippen LogP contribution in [0.5, 0.6) is 5.75 Å². The second-order valence-corrected chi connectivity index (χ2v) is 4.40. The molecule has 2 aromatic rings. The van der Waals surface area contributed by atoms with Gasteiger partial charge in [0.2, 0.25) is 0 Å². The van der Waals surface area contributed by atoms with Crippen LogP contribution >= 0.6 is 0 Å². The summed E-state index contributed by atoms with van der Waals surface area (Å²) in [5.41, 5.74) is 2.10. The number of aromatic hydroxyl groups is 1. The summed E-state index contributed by atoms with van der Waals surface area (Å²) in [6, 6.07) is 7.04. The average molecular weight is 244 g/mol. The van der Waals surface area contributed by atoms with Gasteiger partial charge in [0.25, 0.3) is 0 Å². The molecule has 2 heterocycles. The van der Waals surface area contributed by atoms with Crippen LogP contribution in [-0.4, -0.2) is 41.1 Å². The number of benzene rings is 1. The zero-order valence-corrected chi connectivity index (χ0v) is 10.1. The van der Waals surface area contributed by atoms with Gasteiger partial charge in [0.1, 0.15) is 5.75 Å². The smallest absolute Gasteiger partial charge is 0.115 e. The standard InChI is InChI=1S/C13H16N4O/c18-13-3-1-11(2-4-13)17-10-12(9-15-17)16-7-5-14-6-8-16/h1-4,9-10,14,18H,5-8H2. The predicted molar refractivity (Wildman–Crippen MR) is 70.3 cm³/mol. The molecule has 2 N–H and O–H groups in total. The molecule has 1 saturated heterocycles. The van der Waals surface area contributed by atoms with Crippen LogP contribution in [-0.2, 0) is 0 Å². The first-order valence-corrected chi connectivity index (χ1v) is 6.13. The number of phenols is 1. The van der Waals surface area contributed by atoms with E-state index in [4.69, 9.17) is 0 Å². The maximum Gasteiger partial charge on any atom is 0.115 e. The molecule has 18 heavy (non-hydrogen) atoms. The fourth-order valence-corrected chi connectivity index (χ4v) is 2.15. The number of hydrogen-bond donors (Lipinski definition) is 2. The summed E-state index contributed by atoms with van der Waals surface area (Å²) < 4.78 is 1.83. The molecular weight excluding hydrogens is 228 g/mol. The second-order valence-electron chi connectivity index (χ2n) is 4.40. The average Bonchev–Trinajstić information content (AvgIpc) is 2.90. The fourth-order valence-electron chi connectivity index (χ4n) is 2.15. The van der Waals surface area contributed by atoms with Gasteiger partial charge >= 0.3 is 0 Å². The van der Waals surface area contributed by atoms with Gasteiger partial charge < -0.3 is 15.3 Å². The highest BCUT2D eigenvalue weighted by atomic mass is 16.3. The molecule has 94 valence electrons. The van der Waals surface area contributed by atoms with Crippen molar-refractivity contribution in [1.29, 1.82) is 0 Å². The minimum Gasteiger partial charge on any atom is -0.508 e. The minimum absolute atomic E-state index is 0.272. The molecule has 0 radical (unpaired) electrons. The summed E-state index contributed by atoms with van der Waals surface area (Å²) in [4.78, 5) is 2.32. The third-order valence-corrected chi connectivity index (χ3v) is 3.17. The van der Waals surface area contributed by atoms with E-state index in [1.807, 2.05) is 29.2 Å². The van der Waals surface area contributed by atoms with Crippen LogP contribution in [0.2, 0.25) is 0 Å². The number of phenolic OH excluding ortho intramolecular Hbond substituents is 1. The Balaban J connectivity index is 1.82. The third kappa shape index (κ3) is 2.17. The van der Waals surface area contributed by atoms with E-state index < -0.39 is 0 Å². The normalized spacial score (nSPS) is 15.9. The Labute approximate surface area is 106 Å². The molecule has 0 unspecified atom stereocenters. The Hall–Kier alpha value is -2.01. The summed E-state index contributed by atoms with van der Waals surface area (Å²) in [5.74, 6) is 0.272. The van der Waals surface area contributed by atoms with Crippen LogP contribution < -0.4 is 10.2 Å². The van der Waals surface area contributed by atoms with Gasteiger partial charge in [-0.1, -0.05) is 0 Å². The monoisotopic (exact) mass is 244 g/mol. The van der Waals surface area contributed by atoms with Gasteiger partial charge in [-0.3, -0.25) is 0 Å². The maximum absolute atomic E-state index is 9.27. The zero-order valence-electron chi connectivity index (χ0n) is 10.1. The van der Waals surface area contributed by atoms with E-state index in [0.717, 1.165) is 37.6 Å². The summed E-state index contributed by atoms with van der Waals surface area (Å²) in [6.07, 6.45) is 3.91. The van der Waals surface area contributed by atoms with E-state index in [1.165, 1.54) is 0 Å². The van der Waals surface area contributed by atoms with Gasteiger partial charge in [-0.2, -0.15) is 5.10 Å². The van der Waals surface area contributed by atoms with Gasteiger partial charge in [0.15, 0.2) is 0 Å². The molecule has 0 aliphatic carbocycles. The van der Waals surface area contributed by atoms with Gasteiger partial charge in [-0.15, -0.1) is 0 Å². The number of hydrogen-bond acceptors (Lipinski definition) is 4. The van der Waals surface area contributed by atoms with Crippen molar-refractivity contribution < 1.29 is 5.11 Å². The molecule has 0 amide bonds. The van der Waals surface area contributed by atoms with E-state index in [0.29, 0.717) is 0 Å². The largest absolute Gasteiger partial charge is 0.508 e. The van der Waals surface area contributed by atoms with E-state index >= 15 is 0 Å². The molecule has 5 heteroatoms. The zero-order chi connectivity index (χ0) is 12.4. The second kappa shape index (κ2) is 4.70. The molecule has 1 aliphatic heterocycles. The molecule has 1 aliphatic rings. The summed E-state index contributed by atoms with van der Waals surface area (Å²) in [7, 11) is 0. The van der Waals surface area contributed by atoms with Crippen molar-refractivity contribution in [2.75, 3.05) is 31.1 Å². The molecule has 1 fully saturated rings. The predicted octanol–water partition coefficient (Wildman–Crippen LogP) is 0.987. The minimum atomic E-state index is 0.272. The van der Waals surface area contributed by atoms with Crippen molar-refractivity contribution >= 4 is 5.69 Å². The number of anilines is 1. The Morgan fingerprint density at radius 2 is 1.78 bits per heavy atom. The molecule has 0 spiro atoms. The van der Waals surface area contributed by atoms with Crippen LogP contribution in [0.3, 0.4) is 0 Å². The highest BCUT2D eigenvalue weighted by Gasteiger charge is 2.12. The van der Waals surface area contributed by atoms with E-state index in [9.17, 15) is 5.11 Å². The first kappa shape index (κ1) is 11.1. The molecular formula is C13H16N4O. The van der Waals surface area contributed by atoms with Gasteiger partial charge in [0.05, 0.1) is 23.8 Å². The molecule has 1 aromatic carbocycles. The number of aromatic nitrogens is 2. The molecule has 0 saturated carbocycles. The lowest BCUT2D eigenvalue weighted by Gasteiger charge is -2.27. The molecule has 0 atom stereocenters. The Morgan fingerprint density at radius 3 is 2.50 bits per heavy atom. The van der Waals surface area contributed by atoms with Crippen LogP contribution in [0.25, 0.3) is 5.69 Å². The van der Waals surface area contributed by atoms with Crippen molar-refractivity contribution in [1.82, 2.24) is 15.1 Å². The first-order chi connectivity index (χ1) is 8.83. The maximum atomic E-state index is 9.27. The van der Waals surface area contributed by atoms with Gasteiger partial charge in [-0.05, 0) is 24.3 Å². The Morgan fingerprint density at radius 1 is 1.06 bits per heavy atom. The van der Waals surface area contributed by atoms with E-state index in [-0.39, 0.29) is 5.75 Å². The fraction of sp³-hybridized carbons (Fsp3) is 0.308. The van der Waals surface area contributed by atoms with Crippen LogP contribution in [0.1, 0.15) is 0 Å². The van der Waals surface area contributed by atoms with Crippen molar-refractivity contribution in [3.05, 3.63) is 36.7 Å². The highest BCUT2D eigenvalue weighted by Crippen LogP contribution is 2.18. The van der Waals surface area contributed by atoms with Crippen LogP contribution in [0.4, 0.5) is 5.69 Å². The van der Waals surface area contributed by atoms with Gasteiger partial charge in [-0.25, -0.2) is 4.68 Å². The van der Waals surface area contributed by atoms with Crippen LogP contribution in [0.15, 0.2) is 36.7 Å². The van der Waals surface area contributed by atoms with Crippen molar-refractivity contribution in [3.8, 4) is 11.4 Å². The third-order valence-electron chi connectivity index (χ3n) is 3.17. The first-order valence-electron chi connectivity index (χ1n) is 6.13. The number of nitrogens with one attached hydrogen (secondary N) is 1. The van der Waals surface area contributed by atoms with Crippen molar-refractivity contribution in [2.45, 2.75) is 0 Å². The Bertz CT molecular complexity index is 514. The lowest BCUT2D eigenvalue weighted by Crippen LogP contribution is -2.43. The quantitative estimate of drug-likeness (QED) is 0.827. The highest BCUT2D eigenvalue weighted by molar-refractivity contribution is 5.46. The summed E-state index contributed by atoms with van der Waals surface area (Å²) >= 11 is 0. The van der Waals surface area contributed by atoms with E-state index in [1.54, 1.807) is 12.1 Å². The molecule has 5 nitrogen and oxygen atoms in total. The summed E-state index contributed by atoms with van der Waals surface area (Å²) in [6.45, 7) is 4.07. The summed E-state index contributed by atoms with van der Waals surface area (Å²) in [5, 5.41) is 17.0. The lowest BCUT2D eigenvalue weighted by molar-refractivity contribution is 0.475. The Kier molecular flexibility index (Phi) is 2.90. The number of rotatable bonds is 2. The lowest BCUT2D eigenvalue weighted by atomic mass is 10.3. The molecule has 3 rings (SSSR count). The van der Waals surface area contributed by atoms with Crippen LogP contribution in [0, 0.1) is 0 Å².